The van der Waals surface area contributed by atoms with Crippen LogP contribution in [0.5, 0.6) is 0 Å². The average molecular weight is 393 g/mol. The van der Waals surface area contributed by atoms with Crippen molar-refractivity contribution in [3.63, 3.8) is 0 Å². The van der Waals surface area contributed by atoms with E-state index in [1.807, 2.05) is 18.2 Å². The first-order valence-corrected chi connectivity index (χ1v) is 8.84. The minimum absolute atomic E-state index is 0.254. The van der Waals surface area contributed by atoms with Crippen LogP contribution in [-0.2, 0) is 0 Å². The van der Waals surface area contributed by atoms with Gasteiger partial charge in [0.25, 0.3) is 17.3 Å². The summed E-state index contributed by atoms with van der Waals surface area (Å²) in [5, 5.41) is 12.1. The Kier molecular flexibility index (Phi) is 3.53. The minimum Gasteiger partial charge on any atom is -0.268 e. The van der Waals surface area contributed by atoms with Gasteiger partial charge in [-0.05, 0) is 26.0 Å². The molecule has 0 fully saturated rings. The largest absolute Gasteiger partial charge is 0.269 e. The third-order valence-electron chi connectivity index (χ3n) is 4.37. The van der Waals surface area contributed by atoms with Gasteiger partial charge in [0.15, 0.2) is 0 Å². The number of H-pyrrole nitrogens is 1. The number of aromatic nitrogens is 8. The van der Waals surface area contributed by atoms with Crippen molar-refractivity contribution in [3.8, 4) is 17.2 Å². The van der Waals surface area contributed by atoms with Crippen LogP contribution < -0.4 is 5.56 Å². The van der Waals surface area contributed by atoms with Gasteiger partial charge in [0.05, 0.1) is 16.6 Å². The summed E-state index contributed by atoms with van der Waals surface area (Å²) in [6.45, 7) is 3.53. The van der Waals surface area contributed by atoms with E-state index in [9.17, 15) is 4.79 Å². The van der Waals surface area contributed by atoms with E-state index in [0.29, 0.717) is 44.6 Å². The zero-order valence-electron chi connectivity index (χ0n) is 14.9. The molecule has 138 valence electrons. The summed E-state index contributed by atoms with van der Waals surface area (Å²) in [7, 11) is 0. The standard InChI is InChI=1S/C18H13ClN8O/c1-9-20-18(24-23-9)26-8-7-13-14(16(26)28)15(11-5-3-4-6-12(11)19)27-17(22-13)21-10(2)25-27/h3-8H,1-2H3,(H,20,23,24). The molecule has 0 saturated heterocycles. The van der Waals surface area contributed by atoms with Crippen LogP contribution in [0.25, 0.3) is 33.9 Å². The number of pyridine rings is 1. The molecule has 9 nitrogen and oxygen atoms in total. The highest BCUT2D eigenvalue weighted by atomic mass is 35.5. The average Bonchev–Trinajstić information content (AvgIpc) is 3.25. The summed E-state index contributed by atoms with van der Waals surface area (Å²) in [6, 6.07) is 9.00. The fourth-order valence-electron chi connectivity index (χ4n) is 3.18. The fourth-order valence-corrected chi connectivity index (χ4v) is 3.41. The van der Waals surface area contributed by atoms with E-state index in [4.69, 9.17) is 11.6 Å². The fraction of sp³-hybridized carbons (Fsp3) is 0.111. The summed E-state index contributed by atoms with van der Waals surface area (Å²) in [5.41, 5.74) is 1.35. The maximum Gasteiger partial charge on any atom is 0.269 e. The van der Waals surface area contributed by atoms with Crippen LogP contribution in [-0.4, -0.2) is 39.3 Å². The van der Waals surface area contributed by atoms with Crippen LogP contribution in [0.1, 0.15) is 11.6 Å². The Morgan fingerprint density at radius 1 is 1.07 bits per heavy atom. The quantitative estimate of drug-likeness (QED) is 0.494. The molecule has 0 radical (unpaired) electrons. The molecule has 0 saturated carbocycles. The molecule has 0 aliphatic heterocycles. The molecule has 0 spiro atoms. The van der Waals surface area contributed by atoms with Crippen molar-refractivity contribution in [1.29, 1.82) is 0 Å². The Bertz CT molecular complexity index is 1430. The Morgan fingerprint density at radius 2 is 1.89 bits per heavy atom. The Morgan fingerprint density at radius 3 is 2.64 bits per heavy atom. The van der Waals surface area contributed by atoms with Crippen LogP contribution >= 0.6 is 11.6 Å². The third-order valence-corrected chi connectivity index (χ3v) is 4.69. The number of hydrogen-bond acceptors (Lipinski definition) is 6. The first kappa shape index (κ1) is 16.6. The van der Waals surface area contributed by atoms with Gasteiger partial charge >= 0.3 is 0 Å². The van der Waals surface area contributed by atoms with Crippen molar-refractivity contribution in [2.45, 2.75) is 13.8 Å². The van der Waals surface area contributed by atoms with Crippen LogP contribution in [0.15, 0.2) is 41.3 Å². The van der Waals surface area contributed by atoms with Crippen molar-refractivity contribution in [2.75, 3.05) is 0 Å². The van der Waals surface area contributed by atoms with E-state index in [2.05, 4.69) is 30.2 Å². The van der Waals surface area contributed by atoms with E-state index < -0.39 is 0 Å². The predicted octanol–water partition coefficient (Wildman–Crippen LogP) is 2.48. The molecule has 4 heterocycles. The molecule has 1 N–H and O–H groups in total. The van der Waals surface area contributed by atoms with Crippen molar-refractivity contribution >= 4 is 28.3 Å². The van der Waals surface area contributed by atoms with Crippen LogP contribution in [0.2, 0.25) is 5.02 Å². The van der Waals surface area contributed by atoms with Gasteiger partial charge in [-0.2, -0.15) is 14.5 Å². The lowest BCUT2D eigenvalue weighted by atomic mass is 10.1. The van der Waals surface area contributed by atoms with Gasteiger partial charge in [0.2, 0.25) is 0 Å². The summed E-state index contributed by atoms with van der Waals surface area (Å²) in [5.74, 6) is 1.80. The van der Waals surface area contributed by atoms with Gasteiger partial charge in [-0.25, -0.2) is 9.55 Å². The van der Waals surface area contributed by atoms with Gasteiger partial charge in [-0.3, -0.25) is 9.89 Å². The van der Waals surface area contributed by atoms with E-state index in [-0.39, 0.29) is 11.5 Å². The zero-order chi connectivity index (χ0) is 19.4. The highest BCUT2D eigenvalue weighted by molar-refractivity contribution is 6.33. The normalized spacial score (nSPS) is 11.5. The van der Waals surface area contributed by atoms with Gasteiger partial charge < -0.3 is 0 Å². The summed E-state index contributed by atoms with van der Waals surface area (Å²) >= 11 is 6.46. The predicted molar refractivity (Wildman–Crippen MR) is 104 cm³/mol. The number of halogens is 1. The monoisotopic (exact) mass is 392 g/mol. The minimum atomic E-state index is -0.325. The molecule has 0 aliphatic carbocycles. The van der Waals surface area contributed by atoms with Crippen molar-refractivity contribution in [2.24, 2.45) is 0 Å². The van der Waals surface area contributed by atoms with E-state index >= 15 is 0 Å². The van der Waals surface area contributed by atoms with Crippen molar-refractivity contribution in [3.05, 3.63) is 63.6 Å². The van der Waals surface area contributed by atoms with Gasteiger partial charge in [0, 0.05) is 16.8 Å². The third kappa shape index (κ3) is 2.40. The number of aromatic amines is 1. The highest BCUT2D eigenvalue weighted by Crippen LogP contribution is 2.31. The molecule has 1 aromatic carbocycles. The molecule has 5 rings (SSSR count). The lowest BCUT2D eigenvalue weighted by Crippen LogP contribution is -2.21. The molecule has 28 heavy (non-hydrogen) atoms. The summed E-state index contributed by atoms with van der Waals surface area (Å²) < 4.78 is 2.91. The molecule has 0 aliphatic rings. The summed E-state index contributed by atoms with van der Waals surface area (Å²) in [4.78, 5) is 26.5. The highest BCUT2D eigenvalue weighted by Gasteiger charge is 2.20. The first-order chi connectivity index (χ1) is 13.5. The Hall–Kier alpha value is -3.59. The molecule has 0 bridgehead atoms. The maximum absolute atomic E-state index is 13.4. The molecule has 5 aromatic rings. The van der Waals surface area contributed by atoms with Crippen molar-refractivity contribution < 1.29 is 0 Å². The Labute approximate surface area is 162 Å². The zero-order valence-corrected chi connectivity index (χ0v) is 15.6. The van der Waals surface area contributed by atoms with E-state index in [0.717, 1.165) is 0 Å². The van der Waals surface area contributed by atoms with E-state index in [1.54, 1.807) is 36.7 Å². The maximum atomic E-state index is 13.4. The second kappa shape index (κ2) is 5.96. The second-order valence-corrected chi connectivity index (χ2v) is 6.69. The number of fused-ring (bicyclic) bond motifs is 2. The first-order valence-electron chi connectivity index (χ1n) is 8.46. The number of nitrogens with zero attached hydrogens (tertiary/aromatic N) is 7. The molecule has 10 heteroatoms. The number of rotatable bonds is 2. The van der Waals surface area contributed by atoms with E-state index in [1.165, 1.54) is 4.57 Å². The van der Waals surface area contributed by atoms with Gasteiger partial charge in [-0.15, -0.1) is 10.2 Å². The smallest absolute Gasteiger partial charge is 0.268 e. The van der Waals surface area contributed by atoms with Gasteiger partial charge in [-0.1, -0.05) is 29.8 Å². The molecular weight excluding hydrogens is 380 g/mol. The molecule has 0 amide bonds. The van der Waals surface area contributed by atoms with Gasteiger partial charge in [0.1, 0.15) is 11.6 Å². The number of aryl methyl sites for hydroxylation is 2. The summed E-state index contributed by atoms with van der Waals surface area (Å²) in [6.07, 6.45) is 1.59. The molecule has 4 aromatic heterocycles. The Balaban J connectivity index is 1.98. The topological polar surface area (TPSA) is 107 Å². The SMILES string of the molecule is Cc1nc2nc3ccn(-c4n[nH]c(C)n4)c(=O)c3c(-c3ccccc3Cl)n2n1. The molecular formula is C18H13ClN8O. The second-order valence-electron chi connectivity index (χ2n) is 6.28. The number of benzene rings is 1. The number of nitrogens with one attached hydrogen (secondary N) is 1. The van der Waals surface area contributed by atoms with Crippen LogP contribution in [0, 0.1) is 13.8 Å². The lowest BCUT2D eigenvalue weighted by molar-refractivity contribution is 0.893. The molecule has 0 atom stereocenters. The van der Waals surface area contributed by atoms with Crippen LogP contribution in [0.3, 0.4) is 0 Å². The van der Waals surface area contributed by atoms with Crippen molar-refractivity contribution in [1.82, 2.24) is 39.3 Å². The lowest BCUT2D eigenvalue weighted by Gasteiger charge is -2.11. The number of hydrogen-bond donors (Lipinski definition) is 1. The molecule has 0 unspecified atom stereocenters. The van der Waals surface area contributed by atoms with Crippen LogP contribution in [0.4, 0.5) is 0 Å².